The van der Waals surface area contributed by atoms with Crippen LogP contribution in [0.5, 0.6) is 11.5 Å². The number of amides is 1. The number of thioether (sulfide) groups is 1. The van der Waals surface area contributed by atoms with E-state index in [1.807, 2.05) is 68.3 Å². The van der Waals surface area contributed by atoms with E-state index in [0.717, 1.165) is 29.9 Å². The quantitative estimate of drug-likeness (QED) is 0.172. The van der Waals surface area contributed by atoms with Crippen LogP contribution < -0.4 is 14.4 Å². The first-order valence-corrected chi connectivity index (χ1v) is 13.2. The number of methoxy groups -OCH3 is 2. The van der Waals surface area contributed by atoms with E-state index in [-0.39, 0.29) is 5.91 Å². The van der Waals surface area contributed by atoms with Crippen molar-refractivity contribution in [2.24, 2.45) is 0 Å². The monoisotopic (exact) mass is 528 g/mol. The minimum atomic E-state index is 0.0456. The Kier molecular flexibility index (Phi) is 10.3. The highest BCUT2D eigenvalue weighted by molar-refractivity contribution is 7.98. The maximum atomic E-state index is 12.7. The van der Waals surface area contributed by atoms with E-state index in [9.17, 15) is 4.79 Å². The largest absolute Gasteiger partial charge is 0.493 e. The lowest BCUT2D eigenvalue weighted by Gasteiger charge is -2.19. The number of halogens is 1. The van der Waals surface area contributed by atoms with Crippen LogP contribution in [-0.2, 0) is 12.2 Å². The fraction of sp³-hybridized carbons (Fsp3) is 0.370. The third-order valence-corrected chi connectivity index (χ3v) is 6.94. The van der Waals surface area contributed by atoms with E-state index < -0.39 is 0 Å². The number of rotatable bonds is 12. The lowest BCUT2D eigenvalue weighted by molar-refractivity contribution is 0.0773. The van der Waals surface area contributed by atoms with Gasteiger partial charge in [-0.2, -0.15) is 0 Å². The number of hydrogen-bond acceptors (Lipinski definition) is 7. The standard InChI is InChI=1S/C27H33ClN4O3S/c1-6-32(7-2)26(33)21-10-8-9-20(15-21)18-36-27-29-24(28)17-25(30-27)31(3)14-13-19-11-12-22(34-4)23(16-19)35-5/h8-12,15-17H,6-7,13-14,18H2,1-5H3. The minimum absolute atomic E-state index is 0.0456. The van der Waals surface area contributed by atoms with Crippen LogP contribution in [0.25, 0.3) is 0 Å². The molecule has 0 unspecified atom stereocenters. The Morgan fingerprint density at radius 2 is 1.72 bits per heavy atom. The lowest BCUT2D eigenvalue weighted by Crippen LogP contribution is -2.30. The molecule has 2 aromatic carbocycles. The van der Waals surface area contributed by atoms with Crippen LogP contribution in [0.2, 0.25) is 5.15 Å². The van der Waals surface area contributed by atoms with Crippen LogP contribution in [0, 0.1) is 0 Å². The molecule has 0 aliphatic carbocycles. The summed E-state index contributed by atoms with van der Waals surface area (Å²) in [4.78, 5) is 25.7. The third kappa shape index (κ3) is 7.27. The van der Waals surface area contributed by atoms with Gasteiger partial charge in [-0.05, 0) is 55.7 Å². The molecule has 3 aromatic rings. The first kappa shape index (κ1) is 27.6. The summed E-state index contributed by atoms with van der Waals surface area (Å²) < 4.78 is 10.7. The Bertz CT molecular complexity index is 1170. The van der Waals surface area contributed by atoms with Crippen LogP contribution in [-0.4, -0.2) is 61.7 Å². The molecule has 0 saturated carbocycles. The molecular weight excluding hydrogens is 496 g/mol. The number of aromatic nitrogens is 2. The molecule has 0 radical (unpaired) electrons. The van der Waals surface area contributed by atoms with Gasteiger partial charge in [-0.1, -0.05) is 41.6 Å². The summed E-state index contributed by atoms with van der Waals surface area (Å²) in [6.07, 6.45) is 0.800. The Hall–Kier alpha value is -2.97. The van der Waals surface area contributed by atoms with Crippen molar-refractivity contribution in [2.45, 2.75) is 31.2 Å². The molecule has 1 heterocycles. The zero-order valence-electron chi connectivity index (χ0n) is 21.5. The predicted octanol–water partition coefficient (Wildman–Crippen LogP) is 5.60. The molecule has 0 atom stereocenters. The van der Waals surface area contributed by atoms with Crippen molar-refractivity contribution in [1.29, 1.82) is 0 Å². The van der Waals surface area contributed by atoms with Gasteiger partial charge >= 0.3 is 0 Å². The summed E-state index contributed by atoms with van der Waals surface area (Å²) in [5, 5.41) is 0.988. The minimum Gasteiger partial charge on any atom is -0.493 e. The van der Waals surface area contributed by atoms with Crippen LogP contribution in [0.4, 0.5) is 5.82 Å². The van der Waals surface area contributed by atoms with Gasteiger partial charge in [-0.3, -0.25) is 4.79 Å². The van der Waals surface area contributed by atoms with Crippen molar-refractivity contribution in [3.05, 3.63) is 70.4 Å². The third-order valence-electron chi connectivity index (χ3n) is 5.83. The molecule has 1 aromatic heterocycles. The molecular formula is C27H33ClN4O3S. The molecule has 0 aliphatic rings. The lowest BCUT2D eigenvalue weighted by atomic mass is 10.1. The summed E-state index contributed by atoms with van der Waals surface area (Å²) in [5.74, 6) is 2.85. The van der Waals surface area contributed by atoms with Gasteiger partial charge in [-0.25, -0.2) is 9.97 Å². The summed E-state index contributed by atoms with van der Waals surface area (Å²) in [6.45, 7) is 6.09. The molecule has 0 spiro atoms. The molecule has 192 valence electrons. The van der Waals surface area contributed by atoms with E-state index in [4.69, 9.17) is 26.1 Å². The van der Waals surface area contributed by atoms with Crippen LogP contribution in [0.3, 0.4) is 0 Å². The number of hydrogen-bond donors (Lipinski definition) is 0. The number of likely N-dealkylation sites (N-methyl/N-ethyl adjacent to an activating group) is 1. The molecule has 36 heavy (non-hydrogen) atoms. The SMILES string of the molecule is CCN(CC)C(=O)c1cccc(CSc2nc(Cl)cc(N(C)CCc3ccc(OC)c(OC)c3)n2)c1. The van der Waals surface area contributed by atoms with Crippen LogP contribution >= 0.6 is 23.4 Å². The van der Waals surface area contributed by atoms with Gasteiger partial charge in [0, 0.05) is 44.1 Å². The summed E-state index contributed by atoms with van der Waals surface area (Å²) in [6, 6.07) is 15.4. The van der Waals surface area contributed by atoms with Gasteiger partial charge < -0.3 is 19.3 Å². The van der Waals surface area contributed by atoms with Gasteiger partial charge in [0.2, 0.25) is 0 Å². The zero-order valence-corrected chi connectivity index (χ0v) is 23.0. The second kappa shape index (κ2) is 13.4. The summed E-state index contributed by atoms with van der Waals surface area (Å²) in [7, 11) is 5.24. The van der Waals surface area contributed by atoms with Gasteiger partial charge in [0.1, 0.15) is 11.0 Å². The maximum Gasteiger partial charge on any atom is 0.253 e. The first-order valence-electron chi connectivity index (χ1n) is 11.9. The topological polar surface area (TPSA) is 67.8 Å². The average Bonchev–Trinajstić information content (AvgIpc) is 2.90. The highest BCUT2D eigenvalue weighted by Gasteiger charge is 2.14. The molecule has 0 N–H and O–H groups in total. The van der Waals surface area contributed by atoms with Crippen molar-refractivity contribution in [1.82, 2.24) is 14.9 Å². The highest BCUT2D eigenvalue weighted by Crippen LogP contribution is 2.28. The smallest absolute Gasteiger partial charge is 0.253 e. The second-order valence-corrected chi connectivity index (χ2v) is 9.49. The van der Waals surface area contributed by atoms with Crippen molar-refractivity contribution < 1.29 is 14.3 Å². The van der Waals surface area contributed by atoms with Crippen molar-refractivity contribution in [3.63, 3.8) is 0 Å². The van der Waals surface area contributed by atoms with Gasteiger partial charge in [0.05, 0.1) is 14.2 Å². The molecule has 9 heteroatoms. The first-order chi connectivity index (χ1) is 17.4. The van der Waals surface area contributed by atoms with Crippen LogP contribution in [0.15, 0.2) is 53.7 Å². The Balaban J connectivity index is 1.65. The zero-order chi connectivity index (χ0) is 26.1. The number of benzene rings is 2. The van der Waals surface area contributed by atoms with E-state index in [2.05, 4.69) is 9.88 Å². The summed E-state index contributed by atoms with van der Waals surface area (Å²) in [5.41, 5.74) is 2.86. The Morgan fingerprint density at radius 1 is 0.972 bits per heavy atom. The van der Waals surface area contributed by atoms with Crippen molar-refractivity contribution in [3.8, 4) is 11.5 Å². The number of carbonyl (C=O) groups excluding carboxylic acids is 1. The Morgan fingerprint density at radius 3 is 2.42 bits per heavy atom. The summed E-state index contributed by atoms with van der Waals surface area (Å²) >= 11 is 7.82. The Labute approximate surface area is 222 Å². The number of carbonyl (C=O) groups is 1. The molecule has 0 aliphatic heterocycles. The second-order valence-electron chi connectivity index (χ2n) is 8.16. The van der Waals surface area contributed by atoms with Gasteiger partial charge in [0.25, 0.3) is 5.91 Å². The predicted molar refractivity (Wildman–Crippen MR) is 147 cm³/mol. The van der Waals surface area contributed by atoms with E-state index in [0.29, 0.717) is 46.2 Å². The normalized spacial score (nSPS) is 10.7. The molecule has 0 saturated heterocycles. The fourth-order valence-corrected chi connectivity index (χ4v) is 4.75. The molecule has 0 fully saturated rings. The molecule has 1 amide bonds. The molecule has 3 rings (SSSR count). The number of ether oxygens (including phenoxy) is 2. The fourth-order valence-electron chi connectivity index (χ4n) is 3.73. The van der Waals surface area contributed by atoms with E-state index >= 15 is 0 Å². The van der Waals surface area contributed by atoms with Crippen LogP contribution in [0.1, 0.15) is 35.3 Å². The average molecular weight is 529 g/mol. The maximum absolute atomic E-state index is 12.7. The number of anilines is 1. The van der Waals surface area contributed by atoms with E-state index in [1.165, 1.54) is 11.8 Å². The number of nitrogens with zero attached hydrogens (tertiary/aromatic N) is 4. The molecule has 7 nitrogen and oxygen atoms in total. The van der Waals surface area contributed by atoms with Gasteiger partial charge in [-0.15, -0.1) is 0 Å². The van der Waals surface area contributed by atoms with Crippen molar-refractivity contribution >= 4 is 35.1 Å². The van der Waals surface area contributed by atoms with Gasteiger partial charge in [0.15, 0.2) is 16.7 Å². The molecule has 0 bridgehead atoms. The van der Waals surface area contributed by atoms with Crippen molar-refractivity contribution in [2.75, 3.05) is 45.8 Å². The highest BCUT2D eigenvalue weighted by atomic mass is 35.5. The van der Waals surface area contributed by atoms with E-state index in [1.54, 1.807) is 20.3 Å².